The van der Waals surface area contributed by atoms with Gasteiger partial charge in [0, 0.05) is 51.4 Å². The number of alkyl halides is 2. The van der Waals surface area contributed by atoms with E-state index in [2.05, 4.69) is 0 Å². The monoisotopic (exact) mass is 215 g/mol. The van der Waals surface area contributed by atoms with Crippen molar-refractivity contribution in [1.82, 2.24) is 0 Å². The van der Waals surface area contributed by atoms with Crippen LogP contribution in [0.1, 0.15) is 0 Å². The number of carbonyl (C=O) groups is 1. The zero-order chi connectivity index (χ0) is 9.23. The molecule has 0 rings (SSSR count). The Bertz CT molecular complexity index is 209. The average molecular weight is 215 g/mol. The first-order valence-corrected chi connectivity index (χ1v) is 2.12. The second-order valence-electron chi connectivity index (χ2n) is 1.45. The maximum atomic E-state index is 11.7. The zero-order valence-electron chi connectivity index (χ0n) is 5.75. The van der Waals surface area contributed by atoms with Gasteiger partial charge in [-0.15, -0.1) is 0 Å². The number of carboxylic acids is 1. The first-order valence-electron chi connectivity index (χ1n) is 2.12. The maximum Gasteiger partial charge on any atom is 0.398 e. The van der Waals surface area contributed by atoms with Gasteiger partial charge in [0.25, 0.3) is 0 Å². The van der Waals surface area contributed by atoms with Crippen LogP contribution in [0.4, 0.5) is 22.0 Å². The van der Waals surface area contributed by atoms with Crippen LogP contribution < -0.4 is 0 Å². The summed E-state index contributed by atoms with van der Waals surface area (Å²) in [6, 6.07) is 0. The van der Waals surface area contributed by atoms with Crippen molar-refractivity contribution >= 4 is 57.4 Å². The normalized spacial score (nSPS) is 10.1. The minimum Gasteiger partial charge on any atom is -0.476 e. The fourth-order valence-corrected chi connectivity index (χ4v) is 0.213. The van der Waals surface area contributed by atoms with E-state index in [1.54, 1.807) is 0 Å². The van der Waals surface area contributed by atoms with Crippen LogP contribution in [0.15, 0.2) is 11.9 Å². The fourth-order valence-electron chi connectivity index (χ4n) is 0.213. The van der Waals surface area contributed by atoms with Gasteiger partial charge in [0.15, 0.2) is 0 Å². The Kier molecular flexibility index (Phi) is 6.59. The van der Waals surface area contributed by atoms with Crippen LogP contribution in [0.3, 0.4) is 0 Å². The number of hydrogen-bond donors (Lipinski definition) is 1. The molecule has 65 valence electrons. The SMILES string of the molecule is O=C(O)C(F)(F)C(F)=C(F)F.[K]. The first-order chi connectivity index (χ1) is 4.80. The van der Waals surface area contributed by atoms with Gasteiger partial charge >= 0.3 is 18.0 Å². The van der Waals surface area contributed by atoms with Gasteiger partial charge in [0.05, 0.1) is 0 Å². The fraction of sp³-hybridized carbons (Fsp3) is 0.250. The van der Waals surface area contributed by atoms with Crippen molar-refractivity contribution < 1.29 is 31.9 Å². The van der Waals surface area contributed by atoms with Crippen molar-refractivity contribution in [2.24, 2.45) is 0 Å². The van der Waals surface area contributed by atoms with Crippen LogP contribution in [0.5, 0.6) is 0 Å². The molecule has 0 atom stereocenters. The van der Waals surface area contributed by atoms with Crippen LogP contribution in [0.2, 0.25) is 0 Å². The molecule has 1 N–H and O–H groups in total. The second kappa shape index (κ2) is 5.27. The Morgan fingerprint density at radius 1 is 1.17 bits per heavy atom. The van der Waals surface area contributed by atoms with Gasteiger partial charge < -0.3 is 5.11 Å². The molecule has 1 radical (unpaired) electrons. The molecule has 8 heteroatoms. The molecule has 12 heavy (non-hydrogen) atoms. The molecule has 2 nitrogen and oxygen atoms in total. The Morgan fingerprint density at radius 2 is 1.50 bits per heavy atom. The molecule has 0 aromatic heterocycles. The second-order valence-corrected chi connectivity index (χ2v) is 1.45. The van der Waals surface area contributed by atoms with Gasteiger partial charge in [-0.25, -0.2) is 4.79 Å². The molecule has 0 saturated heterocycles. The van der Waals surface area contributed by atoms with Gasteiger partial charge in [-0.3, -0.25) is 0 Å². The molecule has 0 aliphatic rings. The summed E-state index contributed by atoms with van der Waals surface area (Å²) in [5.74, 6) is -11.3. The van der Waals surface area contributed by atoms with Gasteiger partial charge in [0.2, 0.25) is 5.83 Å². The standard InChI is InChI=1S/C4HF5O2.K/c5-1(2(6)7)4(8,9)3(10)11;/h(H,10,11);. The Labute approximate surface area is 106 Å². The van der Waals surface area contributed by atoms with Crippen LogP contribution >= 0.6 is 0 Å². The predicted octanol–water partition coefficient (Wildman–Crippen LogP) is 1.40. The summed E-state index contributed by atoms with van der Waals surface area (Å²) in [4.78, 5) is 9.41. The van der Waals surface area contributed by atoms with Gasteiger partial charge in [-0.05, 0) is 0 Å². The smallest absolute Gasteiger partial charge is 0.398 e. The van der Waals surface area contributed by atoms with E-state index >= 15 is 0 Å². The average Bonchev–Trinajstić information content (AvgIpc) is 1.85. The minimum atomic E-state index is -5.14. The van der Waals surface area contributed by atoms with E-state index in [1.807, 2.05) is 0 Å². The minimum absolute atomic E-state index is 0. The first kappa shape index (κ1) is 15.0. The van der Waals surface area contributed by atoms with E-state index in [4.69, 9.17) is 5.11 Å². The third-order valence-corrected chi connectivity index (χ3v) is 0.710. The molecule has 0 spiro atoms. The molecule has 0 aliphatic heterocycles. The van der Waals surface area contributed by atoms with Gasteiger partial charge in [-0.2, -0.15) is 22.0 Å². The van der Waals surface area contributed by atoms with Crippen molar-refractivity contribution in [2.45, 2.75) is 5.92 Å². The van der Waals surface area contributed by atoms with Gasteiger partial charge in [0.1, 0.15) is 0 Å². The maximum absolute atomic E-state index is 11.7. The van der Waals surface area contributed by atoms with Crippen molar-refractivity contribution in [3.8, 4) is 0 Å². The summed E-state index contributed by atoms with van der Waals surface area (Å²) < 4.78 is 57.0. The van der Waals surface area contributed by atoms with E-state index in [1.165, 1.54) is 0 Å². The van der Waals surface area contributed by atoms with Crippen LogP contribution in [0.25, 0.3) is 0 Å². The van der Waals surface area contributed by atoms with E-state index in [0.717, 1.165) is 0 Å². The van der Waals surface area contributed by atoms with Crippen molar-refractivity contribution in [3.05, 3.63) is 11.9 Å². The van der Waals surface area contributed by atoms with Crippen molar-refractivity contribution in [3.63, 3.8) is 0 Å². The third-order valence-electron chi connectivity index (χ3n) is 0.710. The zero-order valence-corrected chi connectivity index (χ0v) is 8.87. The van der Waals surface area contributed by atoms with Crippen LogP contribution in [-0.2, 0) is 4.79 Å². The summed E-state index contributed by atoms with van der Waals surface area (Å²) in [5.41, 5.74) is 0. The van der Waals surface area contributed by atoms with Crippen LogP contribution in [0, 0.1) is 0 Å². The summed E-state index contributed by atoms with van der Waals surface area (Å²) in [6.07, 6.45) is -3.34. The Hall–Kier alpha value is 0.496. The van der Waals surface area contributed by atoms with E-state index in [9.17, 15) is 26.7 Å². The Morgan fingerprint density at radius 3 is 1.58 bits per heavy atom. The number of halogens is 5. The molecule has 0 bridgehead atoms. The van der Waals surface area contributed by atoms with Crippen molar-refractivity contribution in [2.75, 3.05) is 0 Å². The van der Waals surface area contributed by atoms with Crippen molar-refractivity contribution in [1.29, 1.82) is 0 Å². The number of hydrogen-bond acceptors (Lipinski definition) is 1. The van der Waals surface area contributed by atoms with E-state index in [0.29, 0.717) is 0 Å². The van der Waals surface area contributed by atoms with Crippen LogP contribution in [-0.4, -0.2) is 68.4 Å². The Balaban J connectivity index is 0. The molecule has 0 aromatic carbocycles. The third kappa shape index (κ3) is 3.48. The molecule has 0 aromatic rings. The predicted molar refractivity (Wildman–Crippen MR) is 28.7 cm³/mol. The number of carboxylic acid groups (broad SMARTS) is 1. The molecular weight excluding hydrogens is 214 g/mol. The molecule has 0 unspecified atom stereocenters. The summed E-state index contributed by atoms with van der Waals surface area (Å²) in [5, 5.41) is 7.50. The summed E-state index contributed by atoms with van der Waals surface area (Å²) >= 11 is 0. The quantitative estimate of drug-likeness (QED) is 0.558. The number of aliphatic carboxylic acids is 1. The molecule has 0 heterocycles. The van der Waals surface area contributed by atoms with E-state index < -0.39 is 23.8 Å². The largest absolute Gasteiger partial charge is 0.476 e. The molecule has 0 saturated carbocycles. The van der Waals surface area contributed by atoms with E-state index in [-0.39, 0.29) is 51.4 Å². The molecule has 0 amide bonds. The number of rotatable bonds is 2. The molecule has 0 fully saturated rings. The topological polar surface area (TPSA) is 37.3 Å². The molecular formula is C4HF5KO2. The summed E-state index contributed by atoms with van der Waals surface area (Å²) in [7, 11) is 0. The summed E-state index contributed by atoms with van der Waals surface area (Å²) in [6.45, 7) is 0. The molecule has 0 aliphatic carbocycles. The van der Waals surface area contributed by atoms with Gasteiger partial charge in [-0.1, -0.05) is 0 Å².